The molecule has 0 radical (unpaired) electrons. The van der Waals surface area contributed by atoms with Crippen molar-refractivity contribution in [1.29, 1.82) is 0 Å². The van der Waals surface area contributed by atoms with Gasteiger partial charge in [0.05, 0.1) is 18.3 Å². The van der Waals surface area contributed by atoms with E-state index in [0.29, 0.717) is 15.6 Å². The minimum Gasteiger partial charge on any atom is -0.496 e. The fourth-order valence-corrected chi connectivity index (χ4v) is 3.55. The van der Waals surface area contributed by atoms with Crippen molar-refractivity contribution in [2.45, 2.75) is 0 Å². The zero-order valence-electron chi connectivity index (χ0n) is 12.2. The van der Waals surface area contributed by atoms with Gasteiger partial charge in [0, 0.05) is 15.6 Å². The molecule has 0 atom stereocenters. The summed E-state index contributed by atoms with van der Waals surface area (Å²) in [4.78, 5) is 12.7. The van der Waals surface area contributed by atoms with Crippen molar-refractivity contribution < 1.29 is 9.53 Å². The third-order valence-corrected chi connectivity index (χ3v) is 4.92. The summed E-state index contributed by atoms with van der Waals surface area (Å²) in [6, 6.07) is 15.0. The number of fused-ring (bicyclic) bond motifs is 1. The SMILES string of the molecule is COc1ccccc1/C=N/NC(=O)c1sc2ccccc2c1Cl. The van der Waals surface area contributed by atoms with E-state index in [2.05, 4.69) is 10.5 Å². The summed E-state index contributed by atoms with van der Waals surface area (Å²) in [6.07, 6.45) is 1.54. The number of hydrogen-bond donors (Lipinski definition) is 1. The average Bonchev–Trinajstić information content (AvgIpc) is 2.92. The first-order valence-corrected chi connectivity index (χ1v) is 8.03. The largest absolute Gasteiger partial charge is 0.496 e. The molecular formula is C17H13ClN2O2S. The Morgan fingerprint density at radius 2 is 1.96 bits per heavy atom. The van der Waals surface area contributed by atoms with E-state index in [0.717, 1.165) is 15.6 Å². The zero-order chi connectivity index (χ0) is 16.2. The molecule has 6 heteroatoms. The number of hydrazone groups is 1. The van der Waals surface area contributed by atoms with Gasteiger partial charge in [-0.1, -0.05) is 41.9 Å². The number of nitrogens with one attached hydrogen (secondary N) is 1. The molecule has 0 saturated heterocycles. The molecule has 3 aromatic rings. The predicted octanol–water partition coefficient (Wildman–Crippen LogP) is 4.33. The molecule has 23 heavy (non-hydrogen) atoms. The smallest absolute Gasteiger partial charge is 0.283 e. The first-order chi connectivity index (χ1) is 11.2. The molecule has 0 aliphatic rings. The Balaban J connectivity index is 1.78. The number of methoxy groups -OCH3 is 1. The zero-order valence-corrected chi connectivity index (χ0v) is 13.8. The topological polar surface area (TPSA) is 50.7 Å². The van der Waals surface area contributed by atoms with Gasteiger partial charge < -0.3 is 4.74 Å². The van der Waals surface area contributed by atoms with Gasteiger partial charge in [0.1, 0.15) is 10.6 Å². The third-order valence-electron chi connectivity index (χ3n) is 3.25. The Hall–Kier alpha value is -2.37. The van der Waals surface area contributed by atoms with E-state index in [-0.39, 0.29) is 5.91 Å². The van der Waals surface area contributed by atoms with Crippen LogP contribution in [-0.2, 0) is 0 Å². The number of halogens is 1. The quantitative estimate of drug-likeness (QED) is 0.565. The van der Waals surface area contributed by atoms with E-state index in [1.54, 1.807) is 7.11 Å². The summed E-state index contributed by atoms with van der Waals surface area (Å²) >= 11 is 7.62. The lowest BCUT2D eigenvalue weighted by molar-refractivity contribution is 0.0959. The molecule has 1 amide bonds. The number of thiophene rings is 1. The average molecular weight is 345 g/mol. The lowest BCUT2D eigenvalue weighted by Gasteiger charge is -2.03. The van der Waals surface area contributed by atoms with Crippen LogP contribution in [0.25, 0.3) is 10.1 Å². The van der Waals surface area contributed by atoms with Crippen LogP contribution in [0.5, 0.6) is 5.75 Å². The van der Waals surface area contributed by atoms with Crippen LogP contribution in [0, 0.1) is 0 Å². The molecule has 0 aliphatic heterocycles. The van der Waals surface area contributed by atoms with Gasteiger partial charge in [-0.15, -0.1) is 11.3 Å². The van der Waals surface area contributed by atoms with Crippen LogP contribution in [-0.4, -0.2) is 19.2 Å². The van der Waals surface area contributed by atoms with E-state index in [1.807, 2.05) is 48.5 Å². The standard InChI is InChI=1S/C17H13ClN2O2S/c1-22-13-8-4-2-6-11(13)10-19-20-17(21)16-15(18)12-7-3-5-9-14(12)23-16/h2-10H,1H3,(H,20,21)/b19-10+. The van der Waals surface area contributed by atoms with Crippen LogP contribution in [0.2, 0.25) is 5.02 Å². The minimum atomic E-state index is -0.331. The third kappa shape index (κ3) is 3.21. The number of carbonyl (C=O) groups excluding carboxylic acids is 1. The van der Waals surface area contributed by atoms with E-state index in [9.17, 15) is 4.79 Å². The summed E-state index contributed by atoms with van der Waals surface area (Å²) in [5.41, 5.74) is 3.28. The maximum Gasteiger partial charge on any atom is 0.283 e. The Morgan fingerprint density at radius 1 is 1.22 bits per heavy atom. The molecule has 0 aliphatic carbocycles. The van der Waals surface area contributed by atoms with Gasteiger partial charge in [0.25, 0.3) is 5.91 Å². The summed E-state index contributed by atoms with van der Waals surface area (Å²) in [7, 11) is 1.59. The molecule has 0 bridgehead atoms. The van der Waals surface area contributed by atoms with Gasteiger partial charge in [-0.3, -0.25) is 4.79 Å². The highest BCUT2D eigenvalue weighted by molar-refractivity contribution is 7.21. The van der Waals surface area contributed by atoms with Crippen molar-refractivity contribution in [2.75, 3.05) is 7.11 Å². The van der Waals surface area contributed by atoms with Gasteiger partial charge in [-0.25, -0.2) is 5.43 Å². The summed E-state index contributed by atoms with van der Waals surface area (Å²) in [5, 5.41) is 5.31. The van der Waals surface area contributed by atoms with E-state index >= 15 is 0 Å². The monoisotopic (exact) mass is 344 g/mol. The minimum absolute atomic E-state index is 0.331. The molecule has 1 N–H and O–H groups in total. The van der Waals surface area contributed by atoms with Crippen molar-refractivity contribution in [1.82, 2.24) is 5.43 Å². The molecule has 0 unspecified atom stereocenters. The highest BCUT2D eigenvalue weighted by Gasteiger charge is 2.16. The Bertz CT molecular complexity index is 889. The van der Waals surface area contributed by atoms with E-state index < -0.39 is 0 Å². The second-order valence-corrected chi connectivity index (χ2v) is 6.11. The lowest BCUT2D eigenvalue weighted by atomic mass is 10.2. The van der Waals surface area contributed by atoms with Gasteiger partial charge in [0.2, 0.25) is 0 Å². The van der Waals surface area contributed by atoms with Crippen LogP contribution in [0.15, 0.2) is 53.6 Å². The molecule has 0 spiro atoms. The second-order valence-electron chi connectivity index (χ2n) is 4.68. The van der Waals surface area contributed by atoms with Crippen LogP contribution >= 0.6 is 22.9 Å². The fourth-order valence-electron chi connectivity index (χ4n) is 2.14. The maximum atomic E-state index is 12.2. The van der Waals surface area contributed by atoms with Crippen molar-refractivity contribution in [3.8, 4) is 5.75 Å². The van der Waals surface area contributed by atoms with E-state index in [1.165, 1.54) is 17.6 Å². The predicted molar refractivity (Wildman–Crippen MR) is 94.9 cm³/mol. The molecule has 2 aromatic carbocycles. The van der Waals surface area contributed by atoms with Gasteiger partial charge in [0.15, 0.2) is 0 Å². The van der Waals surface area contributed by atoms with Crippen LogP contribution < -0.4 is 10.2 Å². The molecule has 0 saturated carbocycles. The molecule has 1 heterocycles. The Morgan fingerprint density at radius 3 is 2.74 bits per heavy atom. The number of ether oxygens (including phenoxy) is 1. The maximum absolute atomic E-state index is 12.2. The number of amides is 1. The highest BCUT2D eigenvalue weighted by Crippen LogP contribution is 2.34. The highest BCUT2D eigenvalue weighted by atomic mass is 35.5. The van der Waals surface area contributed by atoms with Gasteiger partial charge in [-0.05, 0) is 18.2 Å². The number of para-hydroxylation sites is 1. The van der Waals surface area contributed by atoms with Crippen molar-refractivity contribution in [3.63, 3.8) is 0 Å². The molecule has 0 fully saturated rings. The molecule has 116 valence electrons. The summed E-state index contributed by atoms with van der Waals surface area (Å²) in [6.45, 7) is 0. The molecular weight excluding hydrogens is 332 g/mol. The van der Waals surface area contributed by atoms with Crippen LogP contribution in [0.3, 0.4) is 0 Å². The Kier molecular flexibility index (Phi) is 4.60. The second kappa shape index (κ2) is 6.81. The van der Waals surface area contributed by atoms with Crippen LogP contribution in [0.1, 0.15) is 15.2 Å². The lowest BCUT2D eigenvalue weighted by Crippen LogP contribution is -2.16. The Labute approximate surface area is 142 Å². The van der Waals surface area contributed by atoms with Crippen molar-refractivity contribution >= 4 is 45.1 Å². The fraction of sp³-hybridized carbons (Fsp3) is 0.0588. The summed E-state index contributed by atoms with van der Waals surface area (Å²) in [5.74, 6) is 0.354. The van der Waals surface area contributed by atoms with Crippen molar-refractivity contribution in [2.24, 2.45) is 5.10 Å². The molecule has 4 nitrogen and oxygen atoms in total. The number of hydrogen-bond acceptors (Lipinski definition) is 4. The summed E-state index contributed by atoms with van der Waals surface area (Å²) < 4.78 is 6.19. The number of nitrogens with zero attached hydrogens (tertiary/aromatic N) is 1. The molecule has 3 rings (SSSR count). The van der Waals surface area contributed by atoms with Crippen LogP contribution in [0.4, 0.5) is 0 Å². The number of benzene rings is 2. The molecule has 1 aromatic heterocycles. The first-order valence-electron chi connectivity index (χ1n) is 6.84. The van der Waals surface area contributed by atoms with Gasteiger partial charge >= 0.3 is 0 Å². The first kappa shape index (κ1) is 15.5. The number of rotatable bonds is 4. The van der Waals surface area contributed by atoms with E-state index in [4.69, 9.17) is 16.3 Å². The normalized spacial score (nSPS) is 11.0. The van der Waals surface area contributed by atoms with Crippen molar-refractivity contribution in [3.05, 3.63) is 64.0 Å². The van der Waals surface area contributed by atoms with Gasteiger partial charge in [-0.2, -0.15) is 5.10 Å². The number of carbonyl (C=O) groups is 1.